The van der Waals surface area contributed by atoms with Gasteiger partial charge in [-0.05, 0) is 30.7 Å². The van der Waals surface area contributed by atoms with Crippen molar-refractivity contribution in [3.05, 3.63) is 64.9 Å². The Labute approximate surface area is 134 Å². The molecule has 110 valence electrons. The molecule has 1 atom stereocenters. The Bertz CT molecular complexity index is 592. The van der Waals surface area contributed by atoms with Crippen molar-refractivity contribution in [3.63, 3.8) is 0 Å². The van der Waals surface area contributed by atoms with Gasteiger partial charge in [0.15, 0.2) is 0 Å². The van der Waals surface area contributed by atoms with Crippen LogP contribution in [-0.2, 0) is 11.3 Å². The number of nitrogens with one attached hydrogen (secondary N) is 1. The molecule has 1 aromatic carbocycles. The Hall–Kier alpha value is -1.52. The van der Waals surface area contributed by atoms with Crippen molar-refractivity contribution in [1.82, 2.24) is 10.3 Å². The number of carbonyl (C=O) groups is 1. The van der Waals surface area contributed by atoms with Gasteiger partial charge in [-0.15, -0.1) is 11.8 Å². The van der Waals surface area contributed by atoms with Crippen LogP contribution in [0, 0.1) is 0 Å². The maximum atomic E-state index is 11.8. The number of amides is 1. The van der Waals surface area contributed by atoms with Crippen molar-refractivity contribution in [2.75, 3.05) is 5.75 Å². The Kier molecular flexibility index (Phi) is 6.08. The number of rotatable bonds is 6. The lowest BCUT2D eigenvalue weighted by Crippen LogP contribution is -2.25. The minimum Gasteiger partial charge on any atom is -0.350 e. The first-order chi connectivity index (χ1) is 10.2. The van der Waals surface area contributed by atoms with Crippen molar-refractivity contribution in [3.8, 4) is 0 Å². The van der Waals surface area contributed by atoms with E-state index >= 15 is 0 Å². The summed E-state index contributed by atoms with van der Waals surface area (Å²) in [6.45, 7) is 2.51. The number of halogens is 1. The molecule has 3 nitrogen and oxygen atoms in total. The summed E-state index contributed by atoms with van der Waals surface area (Å²) in [6.07, 6.45) is 1.72. The Morgan fingerprint density at radius 1 is 1.29 bits per heavy atom. The third-order valence-corrected chi connectivity index (χ3v) is 4.53. The molecular weight excluding hydrogens is 304 g/mol. The maximum Gasteiger partial charge on any atom is 0.230 e. The highest BCUT2D eigenvalue weighted by Gasteiger charge is 2.11. The van der Waals surface area contributed by atoms with Crippen LogP contribution in [0.15, 0.2) is 48.7 Å². The number of hydrogen-bond donors (Lipinski definition) is 1. The lowest BCUT2D eigenvalue weighted by atomic mass is 10.2. The summed E-state index contributed by atoms with van der Waals surface area (Å²) in [7, 11) is 0. The fourth-order valence-electron chi connectivity index (χ4n) is 1.84. The normalized spacial score (nSPS) is 11.9. The Morgan fingerprint density at radius 2 is 2.05 bits per heavy atom. The van der Waals surface area contributed by atoms with E-state index in [1.165, 1.54) is 0 Å². The lowest BCUT2D eigenvalue weighted by molar-refractivity contribution is -0.118. The van der Waals surface area contributed by atoms with Gasteiger partial charge in [-0.1, -0.05) is 35.9 Å². The van der Waals surface area contributed by atoms with Gasteiger partial charge in [0.1, 0.15) is 0 Å². The second kappa shape index (κ2) is 8.05. The zero-order valence-corrected chi connectivity index (χ0v) is 13.3. The third kappa shape index (κ3) is 5.06. The first kappa shape index (κ1) is 15.9. The highest BCUT2D eigenvalue weighted by Crippen LogP contribution is 2.32. The van der Waals surface area contributed by atoms with Crippen molar-refractivity contribution in [2.24, 2.45) is 0 Å². The summed E-state index contributed by atoms with van der Waals surface area (Å²) < 4.78 is 0. The summed E-state index contributed by atoms with van der Waals surface area (Å²) >= 11 is 7.72. The SMILES string of the molecule is C[C@@H](SCC(=O)NCc1ccccn1)c1ccccc1Cl. The van der Waals surface area contributed by atoms with E-state index in [1.54, 1.807) is 18.0 Å². The van der Waals surface area contributed by atoms with Crippen LogP contribution in [0.4, 0.5) is 0 Å². The maximum absolute atomic E-state index is 11.8. The van der Waals surface area contributed by atoms with E-state index in [9.17, 15) is 4.79 Å². The Balaban J connectivity index is 1.77. The second-order valence-electron chi connectivity index (χ2n) is 4.57. The summed E-state index contributed by atoms with van der Waals surface area (Å²) in [5.74, 6) is 0.406. The quantitative estimate of drug-likeness (QED) is 0.879. The van der Waals surface area contributed by atoms with Crippen LogP contribution in [0.2, 0.25) is 5.02 Å². The van der Waals surface area contributed by atoms with Gasteiger partial charge in [-0.3, -0.25) is 9.78 Å². The predicted octanol–water partition coefficient (Wildman–Crippen LogP) is 3.85. The molecule has 0 spiro atoms. The summed E-state index contributed by atoms with van der Waals surface area (Å²) in [5.41, 5.74) is 1.91. The van der Waals surface area contributed by atoms with Gasteiger partial charge in [-0.2, -0.15) is 0 Å². The second-order valence-corrected chi connectivity index (χ2v) is 6.31. The summed E-state index contributed by atoms with van der Waals surface area (Å²) in [4.78, 5) is 16.0. The van der Waals surface area contributed by atoms with Crippen LogP contribution in [0.3, 0.4) is 0 Å². The van der Waals surface area contributed by atoms with Gasteiger partial charge in [0.05, 0.1) is 18.0 Å². The van der Waals surface area contributed by atoms with E-state index in [4.69, 9.17) is 11.6 Å². The molecule has 0 radical (unpaired) electrons. The number of aromatic nitrogens is 1. The lowest BCUT2D eigenvalue weighted by Gasteiger charge is -2.13. The van der Waals surface area contributed by atoms with E-state index in [2.05, 4.69) is 17.2 Å². The minimum absolute atomic E-state index is 0.00422. The van der Waals surface area contributed by atoms with Crippen LogP contribution in [0.25, 0.3) is 0 Å². The number of nitrogens with zero attached hydrogens (tertiary/aromatic N) is 1. The standard InChI is InChI=1S/C16H17ClN2OS/c1-12(14-7-2-3-8-15(14)17)21-11-16(20)19-10-13-6-4-5-9-18-13/h2-9,12H,10-11H2,1H3,(H,19,20)/t12-/m1/s1. The van der Waals surface area contributed by atoms with Crippen molar-refractivity contribution in [2.45, 2.75) is 18.7 Å². The topological polar surface area (TPSA) is 42.0 Å². The monoisotopic (exact) mass is 320 g/mol. The zero-order valence-electron chi connectivity index (χ0n) is 11.8. The summed E-state index contributed by atoms with van der Waals surface area (Å²) in [5, 5.41) is 3.79. The molecule has 0 aliphatic heterocycles. The number of thioether (sulfide) groups is 1. The predicted molar refractivity (Wildman–Crippen MR) is 88.4 cm³/mol. The minimum atomic E-state index is 0.00422. The van der Waals surface area contributed by atoms with Crippen molar-refractivity contribution < 1.29 is 4.79 Å². The van der Waals surface area contributed by atoms with E-state index in [1.807, 2.05) is 42.5 Å². The van der Waals surface area contributed by atoms with E-state index < -0.39 is 0 Å². The smallest absolute Gasteiger partial charge is 0.230 e. The zero-order chi connectivity index (χ0) is 15.1. The molecule has 0 saturated heterocycles. The molecule has 0 unspecified atom stereocenters. The van der Waals surface area contributed by atoms with Crippen LogP contribution in [0.5, 0.6) is 0 Å². The fraction of sp³-hybridized carbons (Fsp3) is 0.250. The third-order valence-electron chi connectivity index (χ3n) is 3.00. The van der Waals surface area contributed by atoms with Gasteiger partial charge in [-0.25, -0.2) is 0 Å². The fourth-order valence-corrected chi connectivity index (χ4v) is 3.09. The molecule has 0 aliphatic rings. The molecule has 0 saturated carbocycles. The largest absolute Gasteiger partial charge is 0.350 e. The number of benzene rings is 1. The van der Waals surface area contributed by atoms with Crippen LogP contribution in [0.1, 0.15) is 23.4 Å². The van der Waals surface area contributed by atoms with Gasteiger partial charge in [0, 0.05) is 16.5 Å². The first-order valence-electron chi connectivity index (χ1n) is 6.69. The highest BCUT2D eigenvalue weighted by molar-refractivity contribution is 8.00. The first-order valence-corrected chi connectivity index (χ1v) is 8.12. The molecule has 2 aromatic rings. The van der Waals surface area contributed by atoms with Crippen LogP contribution < -0.4 is 5.32 Å². The molecule has 1 N–H and O–H groups in total. The molecule has 0 bridgehead atoms. The molecular formula is C16H17ClN2OS. The molecule has 21 heavy (non-hydrogen) atoms. The average Bonchev–Trinajstić information content (AvgIpc) is 2.52. The van der Waals surface area contributed by atoms with Crippen LogP contribution in [-0.4, -0.2) is 16.6 Å². The number of hydrogen-bond acceptors (Lipinski definition) is 3. The molecule has 0 fully saturated rings. The van der Waals surface area contributed by atoms with E-state index in [-0.39, 0.29) is 11.2 Å². The van der Waals surface area contributed by atoms with Gasteiger partial charge < -0.3 is 5.32 Å². The van der Waals surface area contributed by atoms with E-state index in [0.717, 1.165) is 16.3 Å². The number of carbonyl (C=O) groups excluding carboxylic acids is 1. The molecule has 1 aromatic heterocycles. The molecule has 0 aliphatic carbocycles. The van der Waals surface area contributed by atoms with Crippen molar-refractivity contribution >= 4 is 29.3 Å². The van der Waals surface area contributed by atoms with Gasteiger partial charge in [0.2, 0.25) is 5.91 Å². The average molecular weight is 321 g/mol. The molecule has 1 amide bonds. The highest BCUT2D eigenvalue weighted by atomic mass is 35.5. The van der Waals surface area contributed by atoms with Crippen LogP contribution >= 0.6 is 23.4 Å². The molecule has 1 heterocycles. The molecule has 5 heteroatoms. The van der Waals surface area contributed by atoms with Gasteiger partial charge >= 0.3 is 0 Å². The van der Waals surface area contributed by atoms with Gasteiger partial charge in [0.25, 0.3) is 0 Å². The van der Waals surface area contributed by atoms with E-state index in [0.29, 0.717) is 12.3 Å². The summed E-state index contributed by atoms with van der Waals surface area (Å²) in [6, 6.07) is 13.4. The number of pyridine rings is 1. The Morgan fingerprint density at radius 3 is 2.76 bits per heavy atom. The molecule has 2 rings (SSSR count). The van der Waals surface area contributed by atoms with Crippen molar-refractivity contribution in [1.29, 1.82) is 0 Å².